The highest BCUT2D eigenvalue weighted by Gasteiger charge is 2.06. The molecule has 0 spiro atoms. The van der Waals surface area contributed by atoms with Gasteiger partial charge in [-0.05, 0) is 37.0 Å². The van der Waals surface area contributed by atoms with Crippen LogP contribution in [0, 0.1) is 5.92 Å². The Hall–Kier alpha value is -2.80. The van der Waals surface area contributed by atoms with Crippen molar-refractivity contribution in [2.75, 3.05) is 33.4 Å². The maximum absolute atomic E-state index is 5.86. The first kappa shape index (κ1) is 23.5. The van der Waals surface area contributed by atoms with Crippen LogP contribution in [0.1, 0.15) is 32.8 Å². The molecule has 0 bridgehead atoms. The molecule has 1 aromatic carbocycles. The summed E-state index contributed by atoms with van der Waals surface area (Å²) in [6.07, 6.45) is 2.73. The molecular formula is C23H34N4O3. The predicted octanol–water partition coefficient (Wildman–Crippen LogP) is 4.00. The number of aliphatic imine (C=N–C) groups is 1. The molecule has 0 aliphatic carbocycles. The highest BCUT2D eigenvalue weighted by atomic mass is 16.5. The van der Waals surface area contributed by atoms with E-state index in [0.717, 1.165) is 37.7 Å². The largest absolute Gasteiger partial charge is 0.490 e. The molecule has 1 aromatic heterocycles. The van der Waals surface area contributed by atoms with E-state index in [2.05, 4.69) is 34.5 Å². The first-order valence-electron chi connectivity index (χ1n) is 10.5. The van der Waals surface area contributed by atoms with Crippen molar-refractivity contribution in [3.8, 4) is 17.4 Å². The Morgan fingerprint density at radius 3 is 2.57 bits per heavy atom. The summed E-state index contributed by atoms with van der Waals surface area (Å²) in [5.74, 6) is 3.20. The fourth-order valence-corrected chi connectivity index (χ4v) is 2.60. The van der Waals surface area contributed by atoms with Gasteiger partial charge >= 0.3 is 0 Å². The molecule has 0 aliphatic heterocycles. The summed E-state index contributed by atoms with van der Waals surface area (Å²) in [4.78, 5) is 8.64. The van der Waals surface area contributed by atoms with E-state index in [-0.39, 0.29) is 0 Å². The summed E-state index contributed by atoms with van der Waals surface area (Å²) in [7, 11) is 1.76. The number of benzene rings is 1. The van der Waals surface area contributed by atoms with Crippen molar-refractivity contribution >= 4 is 5.96 Å². The fourth-order valence-electron chi connectivity index (χ4n) is 2.60. The number of ether oxygens (including phenoxy) is 3. The molecule has 0 fully saturated rings. The lowest BCUT2D eigenvalue weighted by atomic mass is 10.2. The van der Waals surface area contributed by atoms with Gasteiger partial charge in [0.1, 0.15) is 0 Å². The second-order valence-electron chi connectivity index (χ2n) is 7.16. The summed E-state index contributed by atoms with van der Waals surface area (Å²) in [6.45, 7) is 9.80. The van der Waals surface area contributed by atoms with Crippen molar-refractivity contribution < 1.29 is 14.2 Å². The summed E-state index contributed by atoms with van der Waals surface area (Å²) < 4.78 is 17.0. The number of para-hydroxylation sites is 2. The number of guanidine groups is 1. The molecule has 0 amide bonds. The van der Waals surface area contributed by atoms with E-state index in [9.17, 15) is 0 Å². The van der Waals surface area contributed by atoms with Gasteiger partial charge in [0.2, 0.25) is 5.88 Å². The SMILES string of the molecule is CCOc1ccccc1Oc1ccc(CNC(=NC)NCCCOCC(C)C)cn1. The standard InChI is InChI=1S/C23H34N4O3/c1-5-29-20-9-6-7-10-21(20)30-22-12-11-19(15-26-22)16-27-23(24-4)25-13-8-14-28-17-18(2)3/h6-7,9-12,15,18H,5,8,13-14,16-17H2,1-4H3,(H2,24,25,27). The third-order valence-electron chi connectivity index (χ3n) is 4.05. The first-order chi connectivity index (χ1) is 14.6. The highest BCUT2D eigenvalue weighted by molar-refractivity contribution is 5.79. The van der Waals surface area contributed by atoms with Crippen LogP contribution in [0.2, 0.25) is 0 Å². The third kappa shape index (κ3) is 8.69. The zero-order chi connectivity index (χ0) is 21.6. The maximum Gasteiger partial charge on any atom is 0.219 e. The van der Waals surface area contributed by atoms with E-state index in [1.165, 1.54) is 0 Å². The number of hydrogen-bond donors (Lipinski definition) is 2. The van der Waals surface area contributed by atoms with Gasteiger partial charge < -0.3 is 24.8 Å². The van der Waals surface area contributed by atoms with Crippen LogP contribution in [0.4, 0.5) is 0 Å². The Morgan fingerprint density at radius 1 is 1.10 bits per heavy atom. The minimum absolute atomic E-state index is 0.523. The quantitative estimate of drug-likeness (QED) is 0.311. The molecule has 0 radical (unpaired) electrons. The molecule has 2 aromatic rings. The van der Waals surface area contributed by atoms with Crippen LogP contribution >= 0.6 is 0 Å². The Labute approximate surface area is 179 Å². The van der Waals surface area contributed by atoms with Crippen LogP contribution in [0.3, 0.4) is 0 Å². The number of pyridine rings is 1. The van der Waals surface area contributed by atoms with E-state index in [1.54, 1.807) is 13.2 Å². The Bertz CT molecular complexity index is 763. The van der Waals surface area contributed by atoms with Crippen molar-refractivity contribution in [1.82, 2.24) is 15.6 Å². The Balaban J connectivity index is 1.76. The van der Waals surface area contributed by atoms with Crippen molar-refractivity contribution in [3.63, 3.8) is 0 Å². The van der Waals surface area contributed by atoms with E-state index in [1.807, 2.05) is 43.3 Å². The normalized spacial score (nSPS) is 11.4. The van der Waals surface area contributed by atoms with Crippen molar-refractivity contribution in [2.24, 2.45) is 10.9 Å². The Kier molecular flexibility index (Phi) is 10.5. The van der Waals surface area contributed by atoms with Gasteiger partial charge in [0.15, 0.2) is 17.5 Å². The molecule has 0 atom stereocenters. The lowest BCUT2D eigenvalue weighted by Gasteiger charge is -2.13. The van der Waals surface area contributed by atoms with Crippen LogP contribution in [0.25, 0.3) is 0 Å². The molecular weight excluding hydrogens is 380 g/mol. The van der Waals surface area contributed by atoms with Crippen molar-refractivity contribution in [3.05, 3.63) is 48.2 Å². The van der Waals surface area contributed by atoms with Gasteiger partial charge in [0.25, 0.3) is 0 Å². The van der Waals surface area contributed by atoms with Crippen LogP contribution in [0.15, 0.2) is 47.6 Å². The summed E-state index contributed by atoms with van der Waals surface area (Å²) in [5, 5.41) is 6.58. The minimum atomic E-state index is 0.523. The molecule has 1 heterocycles. The van der Waals surface area contributed by atoms with Crippen LogP contribution < -0.4 is 20.1 Å². The molecule has 0 aliphatic rings. The molecule has 7 nitrogen and oxygen atoms in total. The number of aromatic nitrogens is 1. The van der Waals surface area contributed by atoms with E-state index >= 15 is 0 Å². The molecule has 0 saturated carbocycles. The van der Waals surface area contributed by atoms with Gasteiger partial charge in [0, 0.05) is 45.6 Å². The van der Waals surface area contributed by atoms with Crippen molar-refractivity contribution in [1.29, 1.82) is 0 Å². The topological polar surface area (TPSA) is 77.0 Å². The summed E-state index contributed by atoms with van der Waals surface area (Å²) in [5.41, 5.74) is 1.03. The maximum atomic E-state index is 5.86. The minimum Gasteiger partial charge on any atom is -0.490 e. The summed E-state index contributed by atoms with van der Waals surface area (Å²) >= 11 is 0. The average Bonchev–Trinajstić information content (AvgIpc) is 2.75. The molecule has 0 saturated heterocycles. The van der Waals surface area contributed by atoms with Gasteiger partial charge in [-0.1, -0.05) is 32.0 Å². The van der Waals surface area contributed by atoms with Gasteiger partial charge in [-0.25, -0.2) is 4.98 Å². The van der Waals surface area contributed by atoms with Crippen LogP contribution in [0.5, 0.6) is 17.4 Å². The molecule has 7 heteroatoms. The third-order valence-corrected chi connectivity index (χ3v) is 4.05. The molecule has 0 unspecified atom stereocenters. The smallest absolute Gasteiger partial charge is 0.219 e. The second kappa shape index (κ2) is 13.4. The highest BCUT2D eigenvalue weighted by Crippen LogP contribution is 2.30. The zero-order valence-corrected chi connectivity index (χ0v) is 18.5. The average molecular weight is 415 g/mol. The second-order valence-corrected chi connectivity index (χ2v) is 7.16. The number of nitrogens with one attached hydrogen (secondary N) is 2. The number of rotatable bonds is 12. The van der Waals surface area contributed by atoms with E-state index < -0.39 is 0 Å². The lowest BCUT2D eigenvalue weighted by molar-refractivity contribution is 0.108. The van der Waals surface area contributed by atoms with E-state index in [4.69, 9.17) is 14.2 Å². The Morgan fingerprint density at radius 2 is 1.90 bits per heavy atom. The van der Waals surface area contributed by atoms with E-state index in [0.29, 0.717) is 36.4 Å². The molecule has 2 N–H and O–H groups in total. The van der Waals surface area contributed by atoms with Gasteiger partial charge in [0.05, 0.1) is 6.61 Å². The fraction of sp³-hybridized carbons (Fsp3) is 0.478. The molecule has 2 rings (SSSR count). The summed E-state index contributed by atoms with van der Waals surface area (Å²) in [6, 6.07) is 11.4. The van der Waals surface area contributed by atoms with Crippen LogP contribution in [-0.4, -0.2) is 44.4 Å². The van der Waals surface area contributed by atoms with Crippen molar-refractivity contribution in [2.45, 2.75) is 33.7 Å². The molecule has 164 valence electrons. The number of nitrogens with zero attached hydrogens (tertiary/aromatic N) is 2. The van der Waals surface area contributed by atoms with Gasteiger partial charge in [-0.2, -0.15) is 0 Å². The number of hydrogen-bond acceptors (Lipinski definition) is 5. The van der Waals surface area contributed by atoms with Gasteiger partial charge in [-0.3, -0.25) is 4.99 Å². The van der Waals surface area contributed by atoms with Crippen LogP contribution in [-0.2, 0) is 11.3 Å². The monoisotopic (exact) mass is 414 g/mol. The molecule has 30 heavy (non-hydrogen) atoms. The lowest BCUT2D eigenvalue weighted by Crippen LogP contribution is -2.37. The predicted molar refractivity (Wildman–Crippen MR) is 120 cm³/mol. The van der Waals surface area contributed by atoms with Gasteiger partial charge in [-0.15, -0.1) is 0 Å². The first-order valence-corrected chi connectivity index (χ1v) is 10.5. The zero-order valence-electron chi connectivity index (χ0n) is 18.5.